The lowest BCUT2D eigenvalue weighted by atomic mass is 10.4. The van der Waals surface area contributed by atoms with Gasteiger partial charge in [0, 0.05) is 30.4 Å². The molecule has 0 radical (unpaired) electrons. The van der Waals surface area contributed by atoms with E-state index in [1.54, 1.807) is 0 Å². The summed E-state index contributed by atoms with van der Waals surface area (Å²) >= 11 is 7.37. The Morgan fingerprint density at radius 2 is 2.67 bits per heavy atom. The van der Waals surface area contributed by atoms with Crippen LogP contribution in [0.4, 0.5) is 0 Å². The zero-order valence-corrected chi connectivity index (χ0v) is 8.18. The number of halogens is 1. The fourth-order valence-electron chi connectivity index (χ4n) is 1.41. The maximum atomic E-state index is 5.97. The molecule has 0 amide bonds. The second-order valence-electron chi connectivity index (χ2n) is 3.02. The molecule has 2 heterocycles. The highest BCUT2D eigenvalue weighted by Gasteiger charge is 2.20. The fourth-order valence-corrected chi connectivity index (χ4v) is 2.15. The van der Waals surface area contributed by atoms with E-state index in [2.05, 4.69) is 14.5 Å². The van der Waals surface area contributed by atoms with Crippen LogP contribution in [-0.2, 0) is 6.54 Å². The summed E-state index contributed by atoms with van der Waals surface area (Å²) in [5.74, 6) is 0. The maximum absolute atomic E-state index is 5.97. The van der Waals surface area contributed by atoms with Gasteiger partial charge in [0.2, 0.25) is 0 Å². The Morgan fingerprint density at radius 3 is 3.25 bits per heavy atom. The average Bonchev–Trinajstić information content (AvgIpc) is 2.63. The van der Waals surface area contributed by atoms with Gasteiger partial charge < -0.3 is 0 Å². The molecule has 1 saturated heterocycles. The van der Waals surface area contributed by atoms with E-state index < -0.39 is 0 Å². The molecule has 1 fully saturated rings. The van der Waals surface area contributed by atoms with Crippen molar-refractivity contribution in [2.24, 2.45) is 0 Å². The Kier molecular flexibility index (Phi) is 2.58. The first-order chi connectivity index (χ1) is 5.84. The van der Waals surface area contributed by atoms with Gasteiger partial charge in [-0.3, -0.25) is 4.90 Å². The molecular weight excluding hydrogens is 194 g/mol. The van der Waals surface area contributed by atoms with Crippen molar-refractivity contribution in [1.82, 2.24) is 14.5 Å². The van der Waals surface area contributed by atoms with E-state index in [-0.39, 0.29) is 0 Å². The van der Waals surface area contributed by atoms with Gasteiger partial charge in [-0.05, 0) is 18.0 Å². The Bertz CT molecular complexity index is 239. The monoisotopic (exact) mass is 203 g/mol. The number of hydrogen-bond acceptors (Lipinski definition) is 4. The predicted molar refractivity (Wildman–Crippen MR) is 49.4 cm³/mol. The lowest BCUT2D eigenvalue weighted by molar-refractivity contribution is 0.327. The van der Waals surface area contributed by atoms with Crippen LogP contribution < -0.4 is 0 Å². The van der Waals surface area contributed by atoms with Crippen molar-refractivity contribution in [2.75, 3.05) is 13.1 Å². The summed E-state index contributed by atoms with van der Waals surface area (Å²) in [5.41, 5.74) is 1.06. The molecular formula is C7H10ClN3S. The summed E-state index contributed by atoms with van der Waals surface area (Å²) in [6.07, 6.45) is 1.10. The normalized spacial score (nSPS) is 24.9. The molecule has 5 heteroatoms. The highest BCUT2D eigenvalue weighted by molar-refractivity contribution is 7.03. The van der Waals surface area contributed by atoms with Gasteiger partial charge in [0.05, 0.1) is 5.69 Å². The van der Waals surface area contributed by atoms with Crippen LogP contribution >= 0.6 is 23.1 Å². The summed E-state index contributed by atoms with van der Waals surface area (Å²) in [6, 6.07) is 0. The van der Waals surface area contributed by atoms with Crippen LogP contribution in [0.25, 0.3) is 0 Å². The molecule has 2 rings (SSSR count). The first-order valence-corrected chi connectivity index (χ1v) is 5.24. The number of likely N-dealkylation sites (tertiary alicyclic amines) is 1. The summed E-state index contributed by atoms with van der Waals surface area (Å²) in [6.45, 7) is 2.98. The zero-order chi connectivity index (χ0) is 8.39. The van der Waals surface area contributed by atoms with Crippen molar-refractivity contribution < 1.29 is 0 Å². The molecule has 66 valence electrons. The summed E-state index contributed by atoms with van der Waals surface area (Å²) < 4.78 is 3.82. The second-order valence-corrected chi connectivity index (χ2v) is 4.24. The van der Waals surface area contributed by atoms with Gasteiger partial charge in [-0.15, -0.1) is 16.7 Å². The van der Waals surface area contributed by atoms with Crippen LogP contribution in [0, 0.1) is 0 Å². The third kappa shape index (κ3) is 1.94. The first-order valence-electron chi connectivity index (χ1n) is 3.97. The largest absolute Gasteiger partial charge is 0.296 e. The van der Waals surface area contributed by atoms with Crippen LogP contribution in [0.3, 0.4) is 0 Å². The van der Waals surface area contributed by atoms with Crippen LogP contribution in [0.2, 0.25) is 0 Å². The predicted octanol–water partition coefficient (Wildman–Crippen LogP) is 1.35. The van der Waals surface area contributed by atoms with E-state index >= 15 is 0 Å². The summed E-state index contributed by atoms with van der Waals surface area (Å²) in [4.78, 5) is 2.31. The van der Waals surface area contributed by atoms with Gasteiger partial charge in [0.25, 0.3) is 0 Å². The van der Waals surface area contributed by atoms with Crippen molar-refractivity contribution in [3.8, 4) is 0 Å². The molecule has 0 aromatic carbocycles. The third-order valence-corrected chi connectivity index (χ3v) is 2.92. The minimum Gasteiger partial charge on any atom is -0.296 e. The zero-order valence-electron chi connectivity index (χ0n) is 6.61. The third-order valence-electron chi connectivity index (χ3n) is 2.01. The summed E-state index contributed by atoms with van der Waals surface area (Å²) in [7, 11) is 0. The first kappa shape index (κ1) is 8.41. The molecule has 1 aliphatic rings. The van der Waals surface area contributed by atoms with Gasteiger partial charge in [-0.2, -0.15) is 0 Å². The highest BCUT2D eigenvalue weighted by Crippen LogP contribution is 2.16. The minimum atomic E-state index is 0.330. The molecule has 12 heavy (non-hydrogen) atoms. The van der Waals surface area contributed by atoms with Gasteiger partial charge in [-0.1, -0.05) is 4.49 Å². The Hall–Kier alpha value is -0.190. The molecule has 1 unspecified atom stereocenters. The number of rotatable bonds is 2. The topological polar surface area (TPSA) is 29.0 Å². The second kappa shape index (κ2) is 3.68. The molecule has 3 nitrogen and oxygen atoms in total. The van der Waals surface area contributed by atoms with Crippen molar-refractivity contribution in [1.29, 1.82) is 0 Å². The standard InChI is InChI=1S/C7H10ClN3S/c8-6-1-2-11(3-6)4-7-5-12-10-9-7/h5-6H,1-4H2. The quantitative estimate of drug-likeness (QED) is 0.680. The van der Waals surface area contributed by atoms with Crippen molar-refractivity contribution in [2.45, 2.75) is 18.3 Å². The minimum absolute atomic E-state index is 0.330. The Morgan fingerprint density at radius 1 is 1.75 bits per heavy atom. The van der Waals surface area contributed by atoms with Crippen molar-refractivity contribution in [3.05, 3.63) is 11.1 Å². The molecule has 1 atom stereocenters. The van der Waals surface area contributed by atoms with Crippen LogP contribution in [-0.4, -0.2) is 33.0 Å². The van der Waals surface area contributed by atoms with Crippen molar-refractivity contribution in [3.63, 3.8) is 0 Å². The number of alkyl halides is 1. The van der Waals surface area contributed by atoms with E-state index in [9.17, 15) is 0 Å². The van der Waals surface area contributed by atoms with E-state index in [0.717, 1.165) is 31.7 Å². The Labute approximate surface area is 80.5 Å². The molecule has 1 aromatic heterocycles. The van der Waals surface area contributed by atoms with Crippen LogP contribution in [0.15, 0.2) is 5.38 Å². The summed E-state index contributed by atoms with van der Waals surface area (Å²) in [5, 5.41) is 6.31. The van der Waals surface area contributed by atoms with Gasteiger partial charge in [-0.25, -0.2) is 0 Å². The molecule has 0 N–H and O–H groups in total. The number of hydrogen-bond donors (Lipinski definition) is 0. The van der Waals surface area contributed by atoms with Crippen molar-refractivity contribution >= 4 is 23.1 Å². The average molecular weight is 204 g/mol. The van der Waals surface area contributed by atoms with E-state index in [1.165, 1.54) is 11.5 Å². The molecule has 0 spiro atoms. The number of aromatic nitrogens is 2. The van der Waals surface area contributed by atoms with E-state index in [1.807, 2.05) is 5.38 Å². The van der Waals surface area contributed by atoms with Crippen LogP contribution in [0.1, 0.15) is 12.1 Å². The Balaban J connectivity index is 1.88. The molecule has 1 aliphatic heterocycles. The lowest BCUT2D eigenvalue weighted by Crippen LogP contribution is -2.20. The molecule has 0 bridgehead atoms. The SMILES string of the molecule is ClC1CCN(Cc2csnn2)C1. The van der Waals surface area contributed by atoms with E-state index in [0.29, 0.717) is 5.38 Å². The number of nitrogens with zero attached hydrogens (tertiary/aromatic N) is 3. The maximum Gasteiger partial charge on any atom is 0.0895 e. The molecule has 1 aromatic rings. The molecule has 0 aliphatic carbocycles. The smallest absolute Gasteiger partial charge is 0.0895 e. The van der Waals surface area contributed by atoms with Crippen LogP contribution in [0.5, 0.6) is 0 Å². The lowest BCUT2D eigenvalue weighted by Gasteiger charge is -2.11. The van der Waals surface area contributed by atoms with Gasteiger partial charge in [0.1, 0.15) is 0 Å². The molecule has 0 saturated carbocycles. The fraction of sp³-hybridized carbons (Fsp3) is 0.714. The van der Waals surface area contributed by atoms with E-state index in [4.69, 9.17) is 11.6 Å². The highest BCUT2D eigenvalue weighted by atomic mass is 35.5. The van der Waals surface area contributed by atoms with Gasteiger partial charge in [0.15, 0.2) is 0 Å². The van der Waals surface area contributed by atoms with Gasteiger partial charge >= 0.3 is 0 Å².